The molecule has 1 aromatic rings. The van der Waals surface area contributed by atoms with E-state index in [9.17, 15) is 19.8 Å². The van der Waals surface area contributed by atoms with Gasteiger partial charge in [-0.2, -0.15) is 0 Å². The number of aromatic amines is 1. The molecule has 0 spiro atoms. The van der Waals surface area contributed by atoms with E-state index in [-0.39, 0.29) is 6.61 Å². The summed E-state index contributed by atoms with van der Waals surface area (Å²) in [5, 5.41) is 19.3. The van der Waals surface area contributed by atoms with Crippen LogP contribution in [-0.2, 0) is 14.2 Å². The standard InChI is InChI=1S/C12H18N2O7/c1-19-4-5-20-10-9(17)7(6-15)21-11(10)14-3-2-8(16)13-12(14)18/h2-3,7,9-11,15,17H,4-6H2,1H3,(H,13,16,18)/t7-,9+,10?,11-/m1/s1. The van der Waals surface area contributed by atoms with Crippen molar-refractivity contribution in [2.75, 3.05) is 26.9 Å². The second-order valence-corrected chi connectivity index (χ2v) is 4.58. The maximum absolute atomic E-state index is 11.8. The number of aromatic nitrogens is 2. The smallest absolute Gasteiger partial charge is 0.330 e. The molecule has 1 aliphatic rings. The molecule has 2 heterocycles. The Morgan fingerprint density at radius 3 is 2.81 bits per heavy atom. The van der Waals surface area contributed by atoms with Crippen LogP contribution >= 0.6 is 0 Å². The zero-order valence-corrected chi connectivity index (χ0v) is 11.5. The number of hydrogen-bond acceptors (Lipinski definition) is 7. The third-order valence-electron chi connectivity index (χ3n) is 3.22. The summed E-state index contributed by atoms with van der Waals surface area (Å²) in [5.41, 5.74) is -1.22. The summed E-state index contributed by atoms with van der Waals surface area (Å²) >= 11 is 0. The molecule has 21 heavy (non-hydrogen) atoms. The second kappa shape index (κ2) is 6.96. The molecule has 9 heteroatoms. The SMILES string of the molecule is COCCOC1[C@@H](O)[C@@H](CO)O[C@H]1n1ccc(=O)[nH]c1=O. The molecule has 0 radical (unpaired) electrons. The van der Waals surface area contributed by atoms with Crippen LogP contribution < -0.4 is 11.2 Å². The summed E-state index contributed by atoms with van der Waals surface area (Å²) in [7, 11) is 1.51. The molecule has 1 aromatic heterocycles. The average molecular weight is 302 g/mol. The molecule has 0 saturated carbocycles. The highest BCUT2D eigenvalue weighted by molar-refractivity contribution is 4.93. The second-order valence-electron chi connectivity index (χ2n) is 4.58. The fourth-order valence-corrected chi connectivity index (χ4v) is 2.17. The quantitative estimate of drug-likeness (QED) is 0.510. The molecule has 3 N–H and O–H groups in total. The van der Waals surface area contributed by atoms with Crippen molar-refractivity contribution in [3.63, 3.8) is 0 Å². The number of methoxy groups -OCH3 is 1. The van der Waals surface area contributed by atoms with Gasteiger partial charge in [0.2, 0.25) is 0 Å². The first kappa shape index (κ1) is 15.9. The van der Waals surface area contributed by atoms with Crippen molar-refractivity contribution in [3.05, 3.63) is 33.1 Å². The minimum absolute atomic E-state index is 0.189. The van der Waals surface area contributed by atoms with Crippen LogP contribution in [-0.4, -0.2) is 65.0 Å². The molecule has 0 amide bonds. The molecule has 1 unspecified atom stereocenters. The fraction of sp³-hybridized carbons (Fsp3) is 0.667. The minimum atomic E-state index is -1.10. The Morgan fingerprint density at radius 1 is 1.43 bits per heavy atom. The molecule has 1 saturated heterocycles. The molecule has 2 rings (SSSR count). The Balaban J connectivity index is 2.25. The Kier molecular flexibility index (Phi) is 5.26. The maximum Gasteiger partial charge on any atom is 0.330 e. The highest BCUT2D eigenvalue weighted by atomic mass is 16.6. The molecule has 0 bridgehead atoms. The van der Waals surface area contributed by atoms with E-state index in [1.54, 1.807) is 0 Å². The number of H-pyrrole nitrogens is 1. The minimum Gasteiger partial charge on any atom is -0.394 e. The van der Waals surface area contributed by atoms with Gasteiger partial charge >= 0.3 is 5.69 Å². The van der Waals surface area contributed by atoms with Gasteiger partial charge in [0.05, 0.1) is 19.8 Å². The van der Waals surface area contributed by atoms with E-state index in [1.807, 2.05) is 0 Å². The van der Waals surface area contributed by atoms with Crippen LogP contribution in [0.4, 0.5) is 0 Å². The summed E-state index contributed by atoms with van der Waals surface area (Å²) in [6.07, 6.45) is -2.53. The van der Waals surface area contributed by atoms with Gasteiger partial charge in [-0.1, -0.05) is 0 Å². The van der Waals surface area contributed by atoms with Crippen LogP contribution in [0.2, 0.25) is 0 Å². The summed E-state index contributed by atoms with van der Waals surface area (Å²) in [6.45, 7) is 0.0779. The molecular weight excluding hydrogens is 284 g/mol. The van der Waals surface area contributed by atoms with Crippen molar-refractivity contribution in [1.82, 2.24) is 9.55 Å². The molecule has 0 aliphatic carbocycles. The highest BCUT2D eigenvalue weighted by Gasteiger charge is 2.45. The van der Waals surface area contributed by atoms with Crippen molar-refractivity contribution in [2.45, 2.75) is 24.5 Å². The molecule has 0 aromatic carbocycles. The van der Waals surface area contributed by atoms with Gasteiger partial charge in [-0.05, 0) is 0 Å². The van der Waals surface area contributed by atoms with E-state index in [2.05, 4.69) is 4.98 Å². The molecular formula is C12H18N2O7. The van der Waals surface area contributed by atoms with Crippen molar-refractivity contribution < 1.29 is 24.4 Å². The van der Waals surface area contributed by atoms with Gasteiger partial charge in [-0.3, -0.25) is 14.3 Å². The zero-order chi connectivity index (χ0) is 15.4. The first-order valence-corrected chi connectivity index (χ1v) is 6.45. The van der Waals surface area contributed by atoms with Crippen LogP contribution in [0, 0.1) is 0 Å². The molecule has 4 atom stereocenters. The Hall–Kier alpha value is -1.52. The molecule has 9 nitrogen and oxygen atoms in total. The van der Waals surface area contributed by atoms with Crippen LogP contribution in [0.25, 0.3) is 0 Å². The van der Waals surface area contributed by atoms with Gasteiger partial charge in [0.1, 0.15) is 18.3 Å². The Morgan fingerprint density at radius 2 is 2.19 bits per heavy atom. The lowest BCUT2D eigenvalue weighted by Crippen LogP contribution is -2.39. The van der Waals surface area contributed by atoms with Gasteiger partial charge in [-0.15, -0.1) is 0 Å². The maximum atomic E-state index is 11.8. The number of aliphatic hydroxyl groups is 2. The van der Waals surface area contributed by atoms with E-state index in [4.69, 9.17) is 14.2 Å². The van der Waals surface area contributed by atoms with Crippen molar-refractivity contribution in [1.29, 1.82) is 0 Å². The van der Waals surface area contributed by atoms with Gasteiger partial charge < -0.3 is 24.4 Å². The Bertz CT molecular complexity index is 569. The number of ether oxygens (including phenoxy) is 3. The first-order valence-electron chi connectivity index (χ1n) is 6.45. The van der Waals surface area contributed by atoms with Crippen molar-refractivity contribution in [3.8, 4) is 0 Å². The monoisotopic (exact) mass is 302 g/mol. The lowest BCUT2D eigenvalue weighted by atomic mass is 10.1. The highest BCUT2D eigenvalue weighted by Crippen LogP contribution is 2.30. The average Bonchev–Trinajstić information content (AvgIpc) is 2.76. The lowest BCUT2D eigenvalue weighted by Gasteiger charge is -2.22. The number of nitrogens with zero attached hydrogens (tertiary/aromatic N) is 1. The van der Waals surface area contributed by atoms with E-state index in [1.165, 1.54) is 13.3 Å². The van der Waals surface area contributed by atoms with Gasteiger partial charge in [0.25, 0.3) is 5.56 Å². The number of rotatable bonds is 6. The van der Waals surface area contributed by atoms with Crippen LogP contribution in [0.15, 0.2) is 21.9 Å². The van der Waals surface area contributed by atoms with E-state index in [0.29, 0.717) is 6.61 Å². The largest absolute Gasteiger partial charge is 0.394 e. The lowest BCUT2D eigenvalue weighted by molar-refractivity contribution is -0.0819. The van der Waals surface area contributed by atoms with E-state index in [0.717, 1.165) is 10.6 Å². The summed E-state index contributed by atoms with van der Waals surface area (Å²) in [4.78, 5) is 25.0. The third-order valence-corrected chi connectivity index (χ3v) is 3.22. The predicted octanol–water partition coefficient (Wildman–Crippen LogP) is -2.18. The predicted molar refractivity (Wildman–Crippen MR) is 69.9 cm³/mol. The summed E-state index contributed by atoms with van der Waals surface area (Å²) in [6, 6.07) is 1.16. The molecule has 118 valence electrons. The van der Waals surface area contributed by atoms with Crippen molar-refractivity contribution in [2.24, 2.45) is 0 Å². The number of nitrogens with one attached hydrogen (secondary N) is 1. The first-order chi connectivity index (χ1) is 10.1. The topological polar surface area (TPSA) is 123 Å². The van der Waals surface area contributed by atoms with Gasteiger partial charge in [-0.25, -0.2) is 4.79 Å². The van der Waals surface area contributed by atoms with Crippen molar-refractivity contribution >= 4 is 0 Å². The zero-order valence-electron chi connectivity index (χ0n) is 11.5. The van der Waals surface area contributed by atoms with Gasteiger partial charge in [0, 0.05) is 19.4 Å². The molecule has 1 fully saturated rings. The summed E-state index contributed by atoms with van der Waals surface area (Å²) in [5.74, 6) is 0. The van der Waals surface area contributed by atoms with E-state index >= 15 is 0 Å². The number of hydrogen-bond donors (Lipinski definition) is 3. The van der Waals surface area contributed by atoms with Crippen LogP contribution in [0.3, 0.4) is 0 Å². The fourth-order valence-electron chi connectivity index (χ4n) is 2.17. The normalized spacial score (nSPS) is 28.9. The van der Waals surface area contributed by atoms with Crippen LogP contribution in [0.1, 0.15) is 6.23 Å². The third kappa shape index (κ3) is 3.39. The molecule has 1 aliphatic heterocycles. The Labute approximate surface area is 119 Å². The van der Waals surface area contributed by atoms with Crippen LogP contribution in [0.5, 0.6) is 0 Å². The van der Waals surface area contributed by atoms with Gasteiger partial charge in [0.15, 0.2) is 6.23 Å². The number of aliphatic hydroxyl groups excluding tert-OH is 2. The van der Waals surface area contributed by atoms with E-state index < -0.39 is 42.4 Å². The summed E-state index contributed by atoms with van der Waals surface area (Å²) < 4.78 is 16.9.